The molecule has 0 unspecified atom stereocenters. The zero-order valence-corrected chi connectivity index (χ0v) is 4.15. The van der Waals surface area contributed by atoms with Crippen molar-refractivity contribution in [3.8, 4) is 0 Å². The molecule has 0 saturated carbocycles. The van der Waals surface area contributed by atoms with Gasteiger partial charge >= 0.3 is 0 Å². The topological polar surface area (TPSA) is 20.2 Å². The lowest BCUT2D eigenvalue weighted by molar-refractivity contribution is 0.302. The molecule has 0 radical (unpaired) electrons. The van der Waals surface area contributed by atoms with Crippen molar-refractivity contribution in [3.05, 3.63) is 11.6 Å². The van der Waals surface area contributed by atoms with Crippen LogP contribution in [0.25, 0.3) is 0 Å². The SMILES string of the molecule is OCC/C=C/Cl. The van der Waals surface area contributed by atoms with Crippen LogP contribution in [0, 0.1) is 0 Å². The molecule has 0 fully saturated rings. The van der Waals surface area contributed by atoms with Crippen LogP contribution >= 0.6 is 11.6 Å². The third-order valence-corrected chi connectivity index (χ3v) is 0.563. The van der Waals surface area contributed by atoms with E-state index < -0.39 is 0 Å². The Morgan fingerprint density at radius 2 is 2.33 bits per heavy atom. The van der Waals surface area contributed by atoms with Crippen LogP contribution in [0.15, 0.2) is 11.6 Å². The second-order valence-electron chi connectivity index (χ2n) is 0.874. The summed E-state index contributed by atoms with van der Waals surface area (Å²) >= 11 is 5.09. The van der Waals surface area contributed by atoms with Crippen LogP contribution in [0.1, 0.15) is 6.42 Å². The Labute approximate surface area is 42.2 Å². The number of aliphatic hydroxyl groups is 1. The first kappa shape index (κ1) is 5.99. The molecular weight excluding hydrogens is 99.5 g/mol. The van der Waals surface area contributed by atoms with Gasteiger partial charge in [0, 0.05) is 12.1 Å². The maximum absolute atomic E-state index is 8.09. The average Bonchev–Trinajstić information content (AvgIpc) is 1.61. The summed E-state index contributed by atoms with van der Waals surface area (Å²) in [6, 6.07) is 0. The van der Waals surface area contributed by atoms with Gasteiger partial charge in [-0.2, -0.15) is 0 Å². The molecule has 2 heteroatoms. The maximum Gasteiger partial charge on any atom is 0.0465 e. The average molecular weight is 107 g/mol. The van der Waals surface area contributed by atoms with Crippen molar-refractivity contribution >= 4 is 11.6 Å². The fourth-order valence-corrected chi connectivity index (χ4v) is 0.264. The number of hydrogen-bond donors (Lipinski definition) is 1. The summed E-state index contributed by atoms with van der Waals surface area (Å²) in [7, 11) is 0. The molecule has 0 rings (SSSR count). The van der Waals surface area contributed by atoms with Gasteiger partial charge in [-0.15, -0.1) is 0 Å². The van der Waals surface area contributed by atoms with Gasteiger partial charge in [-0.05, 0) is 6.42 Å². The van der Waals surface area contributed by atoms with E-state index in [-0.39, 0.29) is 6.61 Å². The van der Waals surface area contributed by atoms with E-state index in [2.05, 4.69) is 0 Å². The molecule has 1 N–H and O–H groups in total. The van der Waals surface area contributed by atoms with Gasteiger partial charge in [-0.25, -0.2) is 0 Å². The Balaban J connectivity index is 2.66. The molecule has 0 spiro atoms. The minimum absolute atomic E-state index is 0.184. The Bertz CT molecular complexity index is 42.8. The first-order valence-corrected chi connectivity index (χ1v) is 2.21. The summed E-state index contributed by atoms with van der Waals surface area (Å²) in [5, 5.41) is 8.09. The van der Waals surface area contributed by atoms with E-state index in [1.165, 1.54) is 5.54 Å². The third kappa shape index (κ3) is 3.99. The van der Waals surface area contributed by atoms with E-state index in [0.29, 0.717) is 6.42 Å². The Morgan fingerprint density at radius 3 is 2.50 bits per heavy atom. The highest BCUT2D eigenvalue weighted by atomic mass is 35.5. The van der Waals surface area contributed by atoms with Crippen molar-refractivity contribution in [2.24, 2.45) is 0 Å². The molecule has 0 aliphatic rings. The number of rotatable bonds is 2. The highest BCUT2D eigenvalue weighted by Gasteiger charge is 1.66. The van der Waals surface area contributed by atoms with Crippen LogP contribution in [-0.4, -0.2) is 11.7 Å². The molecule has 36 valence electrons. The van der Waals surface area contributed by atoms with E-state index in [4.69, 9.17) is 16.7 Å². The second-order valence-corrected chi connectivity index (χ2v) is 1.13. The van der Waals surface area contributed by atoms with Crippen LogP contribution in [0.2, 0.25) is 0 Å². The molecule has 0 amide bonds. The van der Waals surface area contributed by atoms with Gasteiger partial charge in [-0.3, -0.25) is 0 Å². The van der Waals surface area contributed by atoms with Crippen LogP contribution in [-0.2, 0) is 0 Å². The van der Waals surface area contributed by atoms with Crippen molar-refractivity contribution in [1.29, 1.82) is 0 Å². The summed E-state index contributed by atoms with van der Waals surface area (Å²) in [5.74, 6) is 0. The van der Waals surface area contributed by atoms with Crippen LogP contribution in [0.5, 0.6) is 0 Å². The molecule has 6 heavy (non-hydrogen) atoms. The molecule has 0 aliphatic heterocycles. The van der Waals surface area contributed by atoms with E-state index >= 15 is 0 Å². The number of hydrogen-bond acceptors (Lipinski definition) is 1. The molecule has 0 aromatic rings. The summed E-state index contributed by atoms with van der Waals surface area (Å²) in [6.45, 7) is 0.184. The Morgan fingerprint density at radius 1 is 1.67 bits per heavy atom. The van der Waals surface area contributed by atoms with Crippen molar-refractivity contribution in [3.63, 3.8) is 0 Å². The number of aliphatic hydroxyl groups excluding tert-OH is 1. The summed E-state index contributed by atoms with van der Waals surface area (Å²) in [6.07, 6.45) is 2.35. The van der Waals surface area contributed by atoms with Gasteiger partial charge < -0.3 is 5.11 Å². The molecule has 1 nitrogen and oxygen atoms in total. The Kier molecular flexibility index (Phi) is 4.98. The smallest absolute Gasteiger partial charge is 0.0465 e. The van der Waals surface area contributed by atoms with Crippen molar-refractivity contribution in [1.82, 2.24) is 0 Å². The summed E-state index contributed by atoms with van der Waals surface area (Å²) in [4.78, 5) is 0. The third-order valence-electron chi connectivity index (χ3n) is 0.385. The van der Waals surface area contributed by atoms with E-state index in [1.807, 2.05) is 0 Å². The monoisotopic (exact) mass is 106 g/mol. The predicted octanol–water partition coefficient (Wildman–Crippen LogP) is 1.12. The van der Waals surface area contributed by atoms with Crippen LogP contribution in [0.4, 0.5) is 0 Å². The van der Waals surface area contributed by atoms with Crippen molar-refractivity contribution < 1.29 is 5.11 Å². The standard InChI is InChI=1S/C4H7ClO/c5-3-1-2-4-6/h1,3,6H,2,4H2/b3-1+. The van der Waals surface area contributed by atoms with Gasteiger partial charge in [0.1, 0.15) is 0 Å². The lowest BCUT2D eigenvalue weighted by Crippen LogP contribution is -1.72. The molecule has 0 bridgehead atoms. The molecule has 0 aromatic heterocycles. The molecule has 0 heterocycles. The fraction of sp³-hybridized carbons (Fsp3) is 0.500. The van der Waals surface area contributed by atoms with Gasteiger partial charge in [0.25, 0.3) is 0 Å². The number of halogens is 1. The fourth-order valence-electron chi connectivity index (χ4n) is 0.138. The minimum Gasteiger partial charge on any atom is -0.396 e. The quantitative estimate of drug-likeness (QED) is 0.560. The lowest BCUT2D eigenvalue weighted by Gasteiger charge is -1.75. The normalized spacial score (nSPS) is 10.3. The second kappa shape index (κ2) is 4.99. The van der Waals surface area contributed by atoms with Gasteiger partial charge in [0.15, 0.2) is 0 Å². The molecule has 0 aromatic carbocycles. The highest BCUT2D eigenvalue weighted by Crippen LogP contribution is 1.81. The first-order chi connectivity index (χ1) is 2.91. The van der Waals surface area contributed by atoms with Gasteiger partial charge in [-0.1, -0.05) is 17.7 Å². The van der Waals surface area contributed by atoms with Crippen molar-refractivity contribution in [2.75, 3.05) is 6.61 Å². The first-order valence-electron chi connectivity index (χ1n) is 1.78. The van der Waals surface area contributed by atoms with Gasteiger partial charge in [0.05, 0.1) is 0 Å². The maximum atomic E-state index is 8.09. The van der Waals surface area contributed by atoms with Gasteiger partial charge in [0.2, 0.25) is 0 Å². The zero-order valence-electron chi connectivity index (χ0n) is 3.39. The molecule has 0 saturated heterocycles. The van der Waals surface area contributed by atoms with E-state index in [9.17, 15) is 0 Å². The predicted molar refractivity (Wildman–Crippen MR) is 26.7 cm³/mol. The minimum atomic E-state index is 0.184. The van der Waals surface area contributed by atoms with Crippen LogP contribution in [0.3, 0.4) is 0 Å². The van der Waals surface area contributed by atoms with E-state index in [1.54, 1.807) is 6.08 Å². The Hall–Kier alpha value is -0.0100. The molecule has 0 atom stereocenters. The van der Waals surface area contributed by atoms with E-state index in [0.717, 1.165) is 0 Å². The largest absolute Gasteiger partial charge is 0.396 e. The summed E-state index contributed by atoms with van der Waals surface area (Å²) in [5.41, 5.74) is 1.40. The zero-order chi connectivity index (χ0) is 4.83. The summed E-state index contributed by atoms with van der Waals surface area (Å²) < 4.78 is 0. The lowest BCUT2D eigenvalue weighted by atomic mass is 10.5. The molecular formula is C4H7ClO. The highest BCUT2D eigenvalue weighted by molar-refractivity contribution is 6.25. The van der Waals surface area contributed by atoms with Crippen LogP contribution < -0.4 is 0 Å². The van der Waals surface area contributed by atoms with Crippen molar-refractivity contribution in [2.45, 2.75) is 6.42 Å². The molecule has 0 aliphatic carbocycles.